The molecular weight excluding hydrogens is 426 g/mol. The van der Waals surface area contributed by atoms with Crippen molar-refractivity contribution in [2.75, 3.05) is 30.4 Å². The number of carbonyl (C=O) groups excluding carboxylic acids is 2. The third-order valence-electron chi connectivity index (χ3n) is 4.57. The highest BCUT2D eigenvalue weighted by molar-refractivity contribution is 6.07. The van der Waals surface area contributed by atoms with Gasteiger partial charge in [0.05, 0.1) is 5.69 Å². The SMILES string of the molecule is C1CCOC1.CC(C)CNc1cc(-c2nc(C(=O)Nc3cn(C)nc3C(N)=O)co2)ccn1. The van der Waals surface area contributed by atoms with E-state index in [4.69, 9.17) is 14.9 Å². The van der Waals surface area contributed by atoms with Crippen LogP contribution < -0.4 is 16.4 Å². The zero-order valence-electron chi connectivity index (χ0n) is 19.0. The van der Waals surface area contributed by atoms with Gasteiger partial charge in [0.2, 0.25) is 5.89 Å². The molecule has 1 saturated heterocycles. The number of aromatic nitrogens is 4. The molecule has 176 valence electrons. The van der Waals surface area contributed by atoms with E-state index in [2.05, 4.69) is 39.5 Å². The van der Waals surface area contributed by atoms with Crippen molar-refractivity contribution in [1.29, 1.82) is 0 Å². The third-order valence-corrected chi connectivity index (χ3v) is 4.57. The lowest BCUT2D eigenvalue weighted by Gasteiger charge is -2.08. The van der Waals surface area contributed by atoms with E-state index in [1.54, 1.807) is 25.4 Å². The fourth-order valence-corrected chi connectivity index (χ4v) is 2.94. The highest BCUT2D eigenvalue weighted by atomic mass is 16.5. The number of anilines is 2. The minimum Gasteiger partial charge on any atom is -0.444 e. The summed E-state index contributed by atoms with van der Waals surface area (Å²) in [7, 11) is 1.62. The second-order valence-electron chi connectivity index (χ2n) is 7.95. The minimum atomic E-state index is -0.741. The standard InChI is InChI=1S/C18H21N7O3.C4H8O/c1-10(2)7-21-14-6-11(4-5-20-14)18-23-13(9-28-18)17(27)22-12-8-25(3)24-15(12)16(19)26;1-2-4-5-3-1/h4-6,8-10H,7H2,1-3H3,(H2,19,26)(H,20,21)(H,22,27);1-4H2. The van der Waals surface area contributed by atoms with Crippen molar-refractivity contribution in [3.05, 3.63) is 42.2 Å². The molecule has 0 spiro atoms. The fourth-order valence-electron chi connectivity index (χ4n) is 2.94. The summed E-state index contributed by atoms with van der Waals surface area (Å²) in [5.74, 6) is 0.159. The van der Waals surface area contributed by atoms with Gasteiger partial charge in [-0.15, -0.1) is 0 Å². The lowest BCUT2D eigenvalue weighted by atomic mass is 10.2. The van der Waals surface area contributed by atoms with Crippen LogP contribution in [-0.4, -0.2) is 51.3 Å². The number of hydrogen-bond donors (Lipinski definition) is 3. The van der Waals surface area contributed by atoms with Crippen LogP contribution in [-0.2, 0) is 11.8 Å². The Bertz CT molecular complexity index is 1080. The van der Waals surface area contributed by atoms with Gasteiger partial charge in [-0.1, -0.05) is 13.8 Å². The molecule has 0 aromatic carbocycles. The molecule has 11 nitrogen and oxygen atoms in total. The maximum atomic E-state index is 12.4. The number of oxazole rings is 1. The number of nitrogens with zero attached hydrogens (tertiary/aromatic N) is 4. The third kappa shape index (κ3) is 6.88. The summed E-state index contributed by atoms with van der Waals surface area (Å²) in [6.07, 6.45) is 6.91. The molecule has 1 aliphatic heterocycles. The zero-order chi connectivity index (χ0) is 23.8. The van der Waals surface area contributed by atoms with Crippen LogP contribution in [0.5, 0.6) is 0 Å². The molecule has 4 rings (SSSR count). The van der Waals surface area contributed by atoms with Gasteiger partial charge in [0.25, 0.3) is 11.8 Å². The normalized spacial score (nSPS) is 12.8. The number of rotatable bonds is 7. The molecule has 3 aromatic rings. The van der Waals surface area contributed by atoms with Crippen LogP contribution >= 0.6 is 0 Å². The predicted octanol–water partition coefficient (Wildman–Crippen LogP) is 2.69. The van der Waals surface area contributed by atoms with Crippen LogP contribution in [0.1, 0.15) is 47.7 Å². The van der Waals surface area contributed by atoms with Crippen molar-refractivity contribution in [3.63, 3.8) is 0 Å². The molecule has 3 aromatic heterocycles. The van der Waals surface area contributed by atoms with Crippen LogP contribution in [0.15, 0.2) is 35.2 Å². The van der Waals surface area contributed by atoms with Crippen LogP contribution in [0.25, 0.3) is 11.5 Å². The van der Waals surface area contributed by atoms with Gasteiger partial charge in [0.1, 0.15) is 12.1 Å². The first-order valence-corrected chi connectivity index (χ1v) is 10.7. The van der Waals surface area contributed by atoms with E-state index in [0.29, 0.717) is 17.3 Å². The highest BCUT2D eigenvalue weighted by Crippen LogP contribution is 2.22. The van der Waals surface area contributed by atoms with E-state index in [9.17, 15) is 9.59 Å². The molecule has 33 heavy (non-hydrogen) atoms. The maximum absolute atomic E-state index is 12.4. The molecule has 1 aliphatic rings. The van der Waals surface area contributed by atoms with Gasteiger partial charge in [-0.05, 0) is 30.9 Å². The number of amides is 2. The second kappa shape index (κ2) is 11.2. The Kier molecular flexibility index (Phi) is 8.14. The van der Waals surface area contributed by atoms with Crippen LogP contribution in [0.2, 0.25) is 0 Å². The van der Waals surface area contributed by atoms with Crippen molar-refractivity contribution in [3.8, 4) is 11.5 Å². The lowest BCUT2D eigenvalue weighted by molar-refractivity contribution is 0.0995. The van der Waals surface area contributed by atoms with E-state index >= 15 is 0 Å². The van der Waals surface area contributed by atoms with Gasteiger partial charge < -0.3 is 25.5 Å². The summed E-state index contributed by atoms with van der Waals surface area (Å²) in [5, 5.41) is 9.71. The smallest absolute Gasteiger partial charge is 0.277 e. The van der Waals surface area contributed by atoms with Gasteiger partial charge in [0.15, 0.2) is 11.4 Å². The first kappa shape index (κ1) is 23.9. The van der Waals surface area contributed by atoms with Gasteiger partial charge in [0, 0.05) is 44.8 Å². The van der Waals surface area contributed by atoms with Crippen LogP contribution in [0, 0.1) is 5.92 Å². The molecule has 0 saturated carbocycles. The Morgan fingerprint density at radius 3 is 2.67 bits per heavy atom. The number of aryl methyl sites for hydroxylation is 1. The fraction of sp³-hybridized carbons (Fsp3) is 0.409. The number of nitrogens with two attached hydrogens (primary N) is 1. The number of hydrogen-bond acceptors (Lipinski definition) is 8. The summed E-state index contributed by atoms with van der Waals surface area (Å²) in [5.41, 5.74) is 6.18. The summed E-state index contributed by atoms with van der Waals surface area (Å²) >= 11 is 0. The van der Waals surface area contributed by atoms with Crippen molar-refractivity contribution < 1.29 is 18.7 Å². The molecule has 0 unspecified atom stereocenters. The Morgan fingerprint density at radius 1 is 1.27 bits per heavy atom. The monoisotopic (exact) mass is 455 g/mol. The van der Waals surface area contributed by atoms with Crippen molar-refractivity contribution in [2.45, 2.75) is 26.7 Å². The number of nitrogens with one attached hydrogen (secondary N) is 2. The molecule has 0 radical (unpaired) electrons. The Hall–Kier alpha value is -3.73. The average Bonchev–Trinajstić information content (AvgIpc) is 3.55. The Balaban J connectivity index is 0.000000541. The highest BCUT2D eigenvalue weighted by Gasteiger charge is 2.19. The average molecular weight is 456 g/mol. The predicted molar refractivity (Wildman–Crippen MR) is 123 cm³/mol. The number of pyridine rings is 1. The topological polar surface area (TPSA) is 150 Å². The van der Waals surface area contributed by atoms with Crippen molar-refractivity contribution >= 4 is 23.3 Å². The van der Waals surface area contributed by atoms with Crippen molar-refractivity contribution in [1.82, 2.24) is 19.7 Å². The largest absolute Gasteiger partial charge is 0.444 e. The van der Waals surface area contributed by atoms with Gasteiger partial charge in [-0.2, -0.15) is 5.10 Å². The molecule has 4 N–H and O–H groups in total. The van der Waals surface area contributed by atoms with E-state index in [1.165, 1.54) is 30.0 Å². The van der Waals surface area contributed by atoms with E-state index < -0.39 is 11.8 Å². The summed E-state index contributed by atoms with van der Waals surface area (Å²) in [6, 6.07) is 3.53. The van der Waals surface area contributed by atoms with E-state index in [1.807, 2.05) is 0 Å². The van der Waals surface area contributed by atoms with Crippen LogP contribution in [0.3, 0.4) is 0 Å². The van der Waals surface area contributed by atoms with E-state index in [0.717, 1.165) is 19.8 Å². The molecule has 11 heteroatoms. The first-order valence-electron chi connectivity index (χ1n) is 10.7. The van der Waals surface area contributed by atoms with Crippen molar-refractivity contribution in [2.24, 2.45) is 18.7 Å². The molecular formula is C22H29N7O4. The number of primary amides is 1. The summed E-state index contributed by atoms with van der Waals surface area (Å²) in [6.45, 7) is 6.98. The molecule has 4 heterocycles. The lowest BCUT2D eigenvalue weighted by Crippen LogP contribution is -2.18. The zero-order valence-corrected chi connectivity index (χ0v) is 19.0. The maximum Gasteiger partial charge on any atom is 0.277 e. The molecule has 0 aliphatic carbocycles. The minimum absolute atomic E-state index is 0.0328. The second-order valence-corrected chi connectivity index (χ2v) is 7.95. The number of carbonyl (C=O) groups is 2. The molecule has 2 amide bonds. The van der Waals surface area contributed by atoms with Gasteiger partial charge >= 0.3 is 0 Å². The molecule has 0 bridgehead atoms. The number of ether oxygens (including phenoxy) is 1. The Morgan fingerprint density at radius 2 is 2.03 bits per heavy atom. The Labute approximate surface area is 191 Å². The molecule has 1 fully saturated rings. The summed E-state index contributed by atoms with van der Waals surface area (Å²) in [4.78, 5) is 32.3. The quantitative estimate of drug-likeness (QED) is 0.492. The van der Waals surface area contributed by atoms with Gasteiger partial charge in [-0.25, -0.2) is 9.97 Å². The van der Waals surface area contributed by atoms with Gasteiger partial charge in [-0.3, -0.25) is 14.3 Å². The first-order chi connectivity index (χ1) is 15.8. The van der Waals surface area contributed by atoms with Crippen LogP contribution in [0.4, 0.5) is 11.5 Å². The summed E-state index contributed by atoms with van der Waals surface area (Å²) < 4.78 is 11.8. The van der Waals surface area contributed by atoms with E-state index in [-0.39, 0.29) is 23.0 Å². The molecule has 0 atom stereocenters.